The lowest BCUT2D eigenvalue weighted by Crippen LogP contribution is -2.34. The van der Waals surface area contributed by atoms with E-state index in [0.717, 1.165) is 31.2 Å². The van der Waals surface area contributed by atoms with Crippen LogP contribution < -0.4 is 0 Å². The highest BCUT2D eigenvalue weighted by atomic mass is 32.2. The highest BCUT2D eigenvalue weighted by Gasteiger charge is 2.29. The van der Waals surface area contributed by atoms with Crippen LogP contribution >= 0.6 is 0 Å². The van der Waals surface area contributed by atoms with E-state index in [4.69, 9.17) is 4.42 Å². The zero-order valence-electron chi connectivity index (χ0n) is 16.6. The van der Waals surface area contributed by atoms with Gasteiger partial charge in [0.15, 0.2) is 15.6 Å². The van der Waals surface area contributed by atoms with Crippen molar-refractivity contribution >= 4 is 15.7 Å². The van der Waals surface area contributed by atoms with Crippen LogP contribution in [0.1, 0.15) is 53.6 Å². The van der Waals surface area contributed by atoms with Gasteiger partial charge in [-0.25, -0.2) is 8.42 Å². The van der Waals surface area contributed by atoms with Crippen LogP contribution in [-0.2, 0) is 15.6 Å². The molecular weight excluding hydrogens is 400 g/mol. The number of nitrogens with zero attached hydrogens (tertiary/aromatic N) is 2. The minimum atomic E-state index is -3.54. The van der Waals surface area contributed by atoms with Crippen molar-refractivity contribution in [1.82, 2.24) is 9.88 Å². The molecule has 2 aromatic heterocycles. The smallest absolute Gasteiger partial charge is 0.290 e. The number of carbonyl (C=O) groups is 1. The van der Waals surface area contributed by atoms with Crippen molar-refractivity contribution in [1.29, 1.82) is 0 Å². The van der Waals surface area contributed by atoms with Crippen molar-refractivity contribution in [2.45, 2.75) is 42.4 Å². The Morgan fingerprint density at radius 1 is 1.00 bits per heavy atom. The van der Waals surface area contributed by atoms with E-state index < -0.39 is 9.84 Å². The molecule has 1 aliphatic rings. The molecule has 7 heteroatoms. The molecular formula is C23H24N2O4S. The van der Waals surface area contributed by atoms with Crippen molar-refractivity contribution in [2.24, 2.45) is 0 Å². The SMILES string of the molecule is O=C(c1ccc(CS(=O)(=O)c2ccccc2)o1)N1CCCCCC1c1ccncc1. The number of furan rings is 1. The second-order valence-electron chi connectivity index (χ2n) is 7.48. The second-order valence-corrected chi connectivity index (χ2v) is 9.47. The summed E-state index contributed by atoms with van der Waals surface area (Å²) in [5, 5.41) is 0. The number of likely N-dealkylation sites (tertiary alicyclic amines) is 1. The van der Waals surface area contributed by atoms with Crippen molar-refractivity contribution < 1.29 is 17.6 Å². The quantitative estimate of drug-likeness (QED) is 0.606. The van der Waals surface area contributed by atoms with Gasteiger partial charge in [-0.15, -0.1) is 0 Å². The van der Waals surface area contributed by atoms with E-state index in [9.17, 15) is 13.2 Å². The minimum absolute atomic E-state index is 0.0374. The van der Waals surface area contributed by atoms with E-state index in [1.54, 1.807) is 54.9 Å². The van der Waals surface area contributed by atoms with Crippen LogP contribution in [0.5, 0.6) is 0 Å². The van der Waals surface area contributed by atoms with Crippen LogP contribution in [0.3, 0.4) is 0 Å². The molecule has 3 aromatic rings. The fourth-order valence-electron chi connectivity index (χ4n) is 3.89. The second kappa shape index (κ2) is 8.83. The van der Waals surface area contributed by atoms with Gasteiger partial charge in [-0.05, 0) is 54.8 Å². The number of aromatic nitrogens is 1. The van der Waals surface area contributed by atoms with Crippen LogP contribution in [0, 0.1) is 0 Å². The molecule has 1 unspecified atom stereocenters. The Balaban J connectivity index is 1.55. The van der Waals surface area contributed by atoms with E-state index in [-0.39, 0.29) is 34.1 Å². The van der Waals surface area contributed by atoms with Crippen LogP contribution in [-0.4, -0.2) is 30.8 Å². The van der Waals surface area contributed by atoms with Crippen molar-refractivity contribution in [2.75, 3.05) is 6.54 Å². The van der Waals surface area contributed by atoms with Gasteiger partial charge in [0.25, 0.3) is 5.91 Å². The molecule has 1 saturated heterocycles. The first-order valence-corrected chi connectivity index (χ1v) is 11.8. The largest absolute Gasteiger partial charge is 0.455 e. The number of rotatable bonds is 5. The normalized spacial score (nSPS) is 17.5. The molecule has 0 spiro atoms. The predicted octanol–water partition coefficient (Wildman–Crippen LogP) is 4.41. The zero-order chi connectivity index (χ0) is 21.0. The van der Waals surface area contributed by atoms with Crippen LogP contribution in [0.15, 0.2) is 76.3 Å². The monoisotopic (exact) mass is 424 g/mol. The van der Waals surface area contributed by atoms with E-state index >= 15 is 0 Å². The maximum atomic E-state index is 13.3. The van der Waals surface area contributed by atoms with Gasteiger partial charge in [-0.3, -0.25) is 9.78 Å². The fraction of sp³-hybridized carbons (Fsp3) is 0.304. The summed E-state index contributed by atoms with van der Waals surface area (Å²) in [6, 6.07) is 15.2. The van der Waals surface area contributed by atoms with Gasteiger partial charge in [0, 0.05) is 18.9 Å². The number of hydrogen-bond acceptors (Lipinski definition) is 5. The first-order chi connectivity index (χ1) is 14.5. The number of sulfone groups is 1. The average molecular weight is 425 g/mol. The Morgan fingerprint density at radius 2 is 1.77 bits per heavy atom. The number of hydrogen-bond donors (Lipinski definition) is 0. The molecule has 0 N–H and O–H groups in total. The zero-order valence-corrected chi connectivity index (χ0v) is 17.4. The number of benzene rings is 1. The lowest BCUT2D eigenvalue weighted by molar-refractivity contribution is 0.0646. The maximum Gasteiger partial charge on any atom is 0.290 e. The molecule has 0 saturated carbocycles. The Bertz CT molecular complexity index is 1090. The Labute approximate surface area is 176 Å². The maximum absolute atomic E-state index is 13.3. The van der Waals surface area contributed by atoms with Gasteiger partial charge in [0.2, 0.25) is 0 Å². The first-order valence-electron chi connectivity index (χ1n) is 10.1. The van der Waals surface area contributed by atoms with Crippen LogP contribution in [0.2, 0.25) is 0 Å². The molecule has 156 valence electrons. The number of pyridine rings is 1. The summed E-state index contributed by atoms with van der Waals surface area (Å²) >= 11 is 0. The molecule has 1 amide bonds. The summed E-state index contributed by atoms with van der Waals surface area (Å²) in [6.07, 6.45) is 7.42. The molecule has 1 aromatic carbocycles. The summed E-state index contributed by atoms with van der Waals surface area (Å²) in [4.78, 5) is 19.4. The summed E-state index contributed by atoms with van der Waals surface area (Å²) in [5.74, 6) is -0.0493. The van der Waals surface area contributed by atoms with Crippen molar-refractivity contribution in [3.8, 4) is 0 Å². The average Bonchev–Trinajstić information content (AvgIpc) is 3.08. The molecule has 1 fully saturated rings. The molecule has 0 radical (unpaired) electrons. The van der Waals surface area contributed by atoms with E-state index in [1.165, 1.54) is 0 Å². The lowest BCUT2D eigenvalue weighted by Gasteiger charge is -2.29. The highest BCUT2D eigenvalue weighted by Crippen LogP contribution is 2.31. The molecule has 4 rings (SSSR count). The molecule has 30 heavy (non-hydrogen) atoms. The van der Waals surface area contributed by atoms with E-state index in [2.05, 4.69) is 4.98 Å². The molecule has 1 aliphatic heterocycles. The summed E-state index contributed by atoms with van der Waals surface area (Å²) in [6.45, 7) is 0.643. The highest BCUT2D eigenvalue weighted by molar-refractivity contribution is 7.90. The molecule has 0 aliphatic carbocycles. The summed E-state index contributed by atoms with van der Waals surface area (Å²) in [5.41, 5.74) is 1.05. The molecule has 3 heterocycles. The first kappa shape index (κ1) is 20.3. The molecule has 1 atom stereocenters. The van der Waals surface area contributed by atoms with Gasteiger partial charge in [-0.1, -0.05) is 31.0 Å². The van der Waals surface area contributed by atoms with Crippen molar-refractivity contribution in [3.05, 3.63) is 84.1 Å². The Kier molecular flexibility index (Phi) is 5.99. The third-order valence-corrected chi connectivity index (χ3v) is 7.07. The predicted molar refractivity (Wildman–Crippen MR) is 113 cm³/mol. The van der Waals surface area contributed by atoms with Crippen molar-refractivity contribution in [3.63, 3.8) is 0 Å². The Morgan fingerprint density at radius 3 is 2.53 bits per heavy atom. The minimum Gasteiger partial charge on any atom is -0.455 e. The third kappa shape index (κ3) is 4.46. The fourth-order valence-corrected chi connectivity index (χ4v) is 5.16. The molecule has 0 bridgehead atoms. The summed E-state index contributed by atoms with van der Waals surface area (Å²) < 4.78 is 30.9. The van der Waals surface area contributed by atoms with Crippen LogP contribution in [0.25, 0.3) is 0 Å². The number of carbonyl (C=O) groups excluding carboxylic acids is 1. The van der Waals surface area contributed by atoms with E-state index in [1.807, 2.05) is 17.0 Å². The Hall–Kier alpha value is -2.93. The topological polar surface area (TPSA) is 80.5 Å². The van der Waals surface area contributed by atoms with Gasteiger partial charge in [0.05, 0.1) is 10.9 Å². The van der Waals surface area contributed by atoms with Gasteiger partial charge in [-0.2, -0.15) is 0 Å². The van der Waals surface area contributed by atoms with Gasteiger partial charge in [0.1, 0.15) is 11.5 Å². The standard InChI is InChI=1S/C23H24N2O4S/c26-23(25-16-6-2-5-9-21(25)18-12-14-24-15-13-18)22-11-10-19(29-22)17-30(27,28)20-7-3-1-4-8-20/h1,3-4,7-8,10-15,21H,2,5-6,9,16-17H2. The summed E-state index contributed by atoms with van der Waals surface area (Å²) in [7, 11) is -3.54. The van der Waals surface area contributed by atoms with Crippen LogP contribution in [0.4, 0.5) is 0 Å². The van der Waals surface area contributed by atoms with Gasteiger partial charge >= 0.3 is 0 Å². The van der Waals surface area contributed by atoms with E-state index in [0.29, 0.717) is 6.54 Å². The molecule has 6 nitrogen and oxygen atoms in total. The van der Waals surface area contributed by atoms with Gasteiger partial charge < -0.3 is 9.32 Å². The number of amides is 1. The third-order valence-electron chi connectivity index (χ3n) is 5.41. The lowest BCUT2D eigenvalue weighted by atomic mass is 10.0.